The Morgan fingerprint density at radius 2 is 2.14 bits per heavy atom. The molecule has 4 nitrogen and oxygen atoms in total. The highest BCUT2D eigenvalue weighted by Crippen LogP contribution is 2.50. The van der Waals surface area contributed by atoms with Crippen LogP contribution in [0.1, 0.15) is 38.2 Å². The molecule has 2 saturated heterocycles. The van der Waals surface area contributed by atoms with Gasteiger partial charge >= 0.3 is 0 Å². The molecule has 2 atom stereocenters. The number of amides is 1. The molecule has 2 heterocycles. The Balaban J connectivity index is 2.05. The minimum atomic E-state index is -0.308. The summed E-state index contributed by atoms with van der Waals surface area (Å²) in [5.41, 5.74) is 0.863. The highest BCUT2D eigenvalue weighted by molar-refractivity contribution is 5.87. The first-order valence-corrected chi connectivity index (χ1v) is 8.25. The van der Waals surface area contributed by atoms with Gasteiger partial charge in [-0.05, 0) is 39.3 Å². The van der Waals surface area contributed by atoms with Gasteiger partial charge in [0.15, 0.2) is 0 Å². The monoisotopic (exact) mass is 302 g/mol. The predicted molar refractivity (Wildman–Crippen MR) is 87.1 cm³/mol. The lowest BCUT2D eigenvalue weighted by Crippen LogP contribution is -2.48. The Morgan fingerprint density at radius 1 is 1.36 bits per heavy atom. The molecule has 1 aromatic rings. The van der Waals surface area contributed by atoms with Crippen molar-refractivity contribution in [3.8, 4) is 5.75 Å². The number of carbonyl (C=O) groups is 1. The van der Waals surface area contributed by atoms with Crippen LogP contribution in [0, 0.1) is 5.41 Å². The van der Waals surface area contributed by atoms with Crippen molar-refractivity contribution in [3.63, 3.8) is 0 Å². The third-order valence-corrected chi connectivity index (χ3v) is 5.29. The lowest BCUT2D eigenvalue weighted by atomic mass is 9.69. The molecule has 0 aromatic heterocycles. The molecule has 0 radical (unpaired) electrons. The van der Waals surface area contributed by atoms with Crippen molar-refractivity contribution in [1.82, 2.24) is 10.2 Å². The van der Waals surface area contributed by atoms with Gasteiger partial charge in [-0.25, -0.2) is 0 Å². The van der Waals surface area contributed by atoms with E-state index in [0.29, 0.717) is 5.91 Å². The van der Waals surface area contributed by atoms with Gasteiger partial charge in [-0.15, -0.1) is 0 Å². The summed E-state index contributed by atoms with van der Waals surface area (Å²) in [6, 6.07) is 8.40. The zero-order valence-electron chi connectivity index (χ0n) is 13.8. The second kappa shape index (κ2) is 5.92. The molecule has 1 N–H and O–H groups in total. The molecule has 0 saturated carbocycles. The van der Waals surface area contributed by atoms with Crippen LogP contribution < -0.4 is 10.1 Å². The Kier molecular flexibility index (Phi) is 4.13. The average Bonchev–Trinajstić information content (AvgIpc) is 2.81. The van der Waals surface area contributed by atoms with E-state index in [1.165, 1.54) is 5.56 Å². The molecule has 1 aromatic carbocycles. The Labute approximate surface area is 132 Å². The Hall–Kier alpha value is -1.55. The third kappa shape index (κ3) is 2.30. The molecule has 2 fully saturated rings. The second-order valence-electron chi connectivity index (χ2n) is 6.78. The summed E-state index contributed by atoms with van der Waals surface area (Å²) in [5, 5.41) is 3.46. The van der Waals surface area contributed by atoms with Crippen LogP contribution in [0.2, 0.25) is 0 Å². The van der Waals surface area contributed by atoms with Gasteiger partial charge < -0.3 is 15.0 Å². The molecule has 120 valence electrons. The van der Waals surface area contributed by atoms with Crippen LogP contribution >= 0.6 is 0 Å². The number of nitrogens with zero attached hydrogens (tertiary/aromatic N) is 1. The number of nitrogens with one attached hydrogen (secondary N) is 1. The fourth-order valence-corrected chi connectivity index (χ4v) is 4.09. The molecule has 4 heteroatoms. The highest BCUT2D eigenvalue weighted by atomic mass is 16.5. The number of methoxy groups -OCH3 is 1. The standard InChI is InChI=1S/C18H26N2O2/c1-13(2)20-11-15(14-7-4-5-8-16(14)22-3)18(17(20)21)9-6-10-19-12-18/h4-5,7-8,13,15,19H,6,9-12H2,1-3H3. The molecular formula is C18H26N2O2. The van der Waals surface area contributed by atoms with Crippen LogP contribution in [0.15, 0.2) is 24.3 Å². The third-order valence-electron chi connectivity index (χ3n) is 5.29. The molecule has 3 rings (SSSR count). The minimum Gasteiger partial charge on any atom is -0.496 e. The first kappa shape index (κ1) is 15.3. The van der Waals surface area contributed by atoms with Gasteiger partial charge in [0.25, 0.3) is 0 Å². The summed E-state index contributed by atoms with van der Waals surface area (Å²) in [6.07, 6.45) is 2.02. The number of hydrogen-bond donors (Lipinski definition) is 1. The lowest BCUT2D eigenvalue weighted by molar-refractivity contribution is -0.138. The normalized spacial score (nSPS) is 28.6. The van der Waals surface area contributed by atoms with Crippen molar-refractivity contribution in [1.29, 1.82) is 0 Å². The van der Waals surface area contributed by atoms with E-state index in [9.17, 15) is 4.79 Å². The Bertz CT molecular complexity index is 550. The quantitative estimate of drug-likeness (QED) is 0.932. The van der Waals surface area contributed by atoms with E-state index >= 15 is 0 Å². The Morgan fingerprint density at radius 3 is 2.77 bits per heavy atom. The molecule has 2 aliphatic heterocycles. The van der Waals surface area contributed by atoms with E-state index in [-0.39, 0.29) is 17.4 Å². The summed E-state index contributed by atoms with van der Waals surface area (Å²) < 4.78 is 5.57. The first-order chi connectivity index (χ1) is 10.6. The first-order valence-electron chi connectivity index (χ1n) is 8.25. The van der Waals surface area contributed by atoms with Crippen molar-refractivity contribution < 1.29 is 9.53 Å². The number of rotatable bonds is 3. The number of carbonyl (C=O) groups excluding carboxylic acids is 1. The van der Waals surface area contributed by atoms with E-state index in [4.69, 9.17) is 4.74 Å². The fraction of sp³-hybridized carbons (Fsp3) is 0.611. The highest BCUT2D eigenvalue weighted by Gasteiger charge is 2.55. The number of piperidine rings is 1. The number of hydrogen-bond acceptors (Lipinski definition) is 3. The van der Waals surface area contributed by atoms with Gasteiger partial charge in [0.05, 0.1) is 12.5 Å². The van der Waals surface area contributed by atoms with Crippen molar-refractivity contribution >= 4 is 5.91 Å². The van der Waals surface area contributed by atoms with E-state index in [2.05, 4.69) is 25.2 Å². The van der Waals surface area contributed by atoms with E-state index < -0.39 is 0 Å². The maximum atomic E-state index is 13.2. The molecule has 0 bridgehead atoms. The van der Waals surface area contributed by atoms with Crippen LogP contribution in [0.25, 0.3) is 0 Å². The van der Waals surface area contributed by atoms with Crippen LogP contribution in [0.5, 0.6) is 5.75 Å². The van der Waals surface area contributed by atoms with Crippen molar-refractivity contribution in [3.05, 3.63) is 29.8 Å². The molecule has 1 spiro atoms. The predicted octanol–water partition coefficient (Wildman–Crippen LogP) is 2.40. The average molecular weight is 302 g/mol. The zero-order chi connectivity index (χ0) is 15.7. The van der Waals surface area contributed by atoms with Crippen LogP contribution in [-0.2, 0) is 4.79 Å². The van der Waals surface area contributed by atoms with E-state index in [1.54, 1.807) is 7.11 Å². The summed E-state index contributed by atoms with van der Waals surface area (Å²) in [4.78, 5) is 15.2. The van der Waals surface area contributed by atoms with Gasteiger partial charge in [-0.1, -0.05) is 18.2 Å². The smallest absolute Gasteiger partial charge is 0.231 e. The number of para-hydroxylation sites is 1. The van der Waals surface area contributed by atoms with Gasteiger partial charge in [-0.2, -0.15) is 0 Å². The zero-order valence-corrected chi connectivity index (χ0v) is 13.8. The molecule has 1 amide bonds. The molecule has 2 aliphatic rings. The summed E-state index contributed by atoms with van der Waals surface area (Å²) >= 11 is 0. The molecule has 2 unspecified atom stereocenters. The van der Waals surface area contributed by atoms with Crippen molar-refractivity contribution in [2.75, 3.05) is 26.7 Å². The van der Waals surface area contributed by atoms with Gasteiger partial charge in [0.1, 0.15) is 5.75 Å². The SMILES string of the molecule is COc1ccccc1C1CN(C(C)C)C(=O)C12CCCNC2. The number of likely N-dealkylation sites (tertiary alicyclic amines) is 1. The lowest BCUT2D eigenvalue weighted by Gasteiger charge is -2.37. The number of benzene rings is 1. The largest absolute Gasteiger partial charge is 0.496 e. The van der Waals surface area contributed by atoms with Crippen LogP contribution in [0.3, 0.4) is 0 Å². The topological polar surface area (TPSA) is 41.6 Å². The van der Waals surface area contributed by atoms with Gasteiger partial charge in [0.2, 0.25) is 5.91 Å². The van der Waals surface area contributed by atoms with Crippen molar-refractivity contribution in [2.24, 2.45) is 5.41 Å². The maximum absolute atomic E-state index is 13.2. The van der Waals surface area contributed by atoms with Crippen LogP contribution in [-0.4, -0.2) is 43.6 Å². The van der Waals surface area contributed by atoms with Gasteiger partial charge in [-0.3, -0.25) is 4.79 Å². The molecule has 0 aliphatic carbocycles. The van der Waals surface area contributed by atoms with Gasteiger partial charge in [0, 0.05) is 30.6 Å². The summed E-state index contributed by atoms with van der Waals surface area (Å²) in [7, 11) is 1.71. The number of ether oxygens (including phenoxy) is 1. The fourth-order valence-electron chi connectivity index (χ4n) is 4.09. The van der Waals surface area contributed by atoms with Crippen molar-refractivity contribution in [2.45, 2.75) is 38.6 Å². The molecule has 22 heavy (non-hydrogen) atoms. The maximum Gasteiger partial charge on any atom is 0.231 e. The minimum absolute atomic E-state index is 0.200. The van der Waals surface area contributed by atoms with E-state index in [1.807, 2.05) is 23.1 Å². The second-order valence-corrected chi connectivity index (χ2v) is 6.78. The van der Waals surface area contributed by atoms with E-state index in [0.717, 1.165) is 38.2 Å². The summed E-state index contributed by atoms with van der Waals surface area (Å²) in [5.74, 6) is 1.41. The van der Waals surface area contributed by atoms with Crippen LogP contribution in [0.4, 0.5) is 0 Å². The summed E-state index contributed by atoms with van der Waals surface area (Å²) in [6.45, 7) is 6.78. The molecular weight excluding hydrogens is 276 g/mol.